The average molecular weight is 394 g/mol. The zero-order valence-corrected chi connectivity index (χ0v) is 13.5. The maximum atomic E-state index is 4.03. The van der Waals surface area contributed by atoms with Crippen LogP contribution in [0.4, 0.5) is 0 Å². The Morgan fingerprint density at radius 3 is 1.45 bits per heavy atom. The first-order valence-electron chi connectivity index (χ1n) is 5.93. The number of fused-ring (bicyclic) bond motifs is 2. The Morgan fingerprint density at radius 2 is 1.05 bits per heavy atom. The second-order valence-corrected chi connectivity index (χ2v) is 5.47. The molecular formula is C14H10Br2N4. The molecule has 0 aliphatic rings. The van der Waals surface area contributed by atoms with Crippen molar-refractivity contribution < 1.29 is 0 Å². The van der Waals surface area contributed by atoms with Gasteiger partial charge in [0.15, 0.2) is 0 Å². The van der Waals surface area contributed by atoms with E-state index in [0.717, 1.165) is 21.8 Å². The van der Waals surface area contributed by atoms with Crippen LogP contribution in [-0.2, 0) is 0 Å². The van der Waals surface area contributed by atoms with Crippen LogP contribution in [-0.4, -0.2) is 17.6 Å². The summed E-state index contributed by atoms with van der Waals surface area (Å²) >= 11 is 6.54. The van der Waals surface area contributed by atoms with Gasteiger partial charge in [-0.1, -0.05) is 36.4 Å². The third-order valence-electron chi connectivity index (χ3n) is 2.87. The summed E-state index contributed by atoms with van der Waals surface area (Å²) in [5.41, 5.74) is 2.20. The van der Waals surface area contributed by atoms with Crippen molar-refractivity contribution in [3.05, 3.63) is 60.9 Å². The van der Waals surface area contributed by atoms with Crippen LogP contribution in [0.2, 0.25) is 0 Å². The molecule has 2 aromatic heterocycles. The van der Waals surface area contributed by atoms with Crippen LogP contribution in [0.25, 0.3) is 21.8 Å². The number of aromatic nitrogens is 4. The summed E-state index contributed by atoms with van der Waals surface area (Å²) in [6, 6.07) is 16.0. The Bertz CT molecular complexity index is 778. The van der Waals surface area contributed by atoms with E-state index in [-0.39, 0.29) is 0 Å². The average Bonchev–Trinajstić information content (AvgIpc) is 3.05. The maximum absolute atomic E-state index is 4.03. The van der Waals surface area contributed by atoms with Crippen molar-refractivity contribution in [3.63, 3.8) is 0 Å². The lowest BCUT2D eigenvalue weighted by atomic mass is 10.3. The summed E-state index contributed by atoms with van der Waals surface area (Å²) in [5, 5.41) is 10.4. The smallest absolute Gasteiger partial charge is 0.0813 e. The highest BCUT2D eigenvalue weighted by Gasteiger charge is 1.96. The fraction of sp³-hybridized carbons (Fsp3) is 0. The number of halogens is 2. The van der Waals surface area contributed by atoms with Crippen molar-refractivity contribution in [3.8, 4) is 0 Å². The number of benzene rings is 2. The van der Waals surface area contributed by atoms with Gasteiger partial charge in [-0.15, -0.1) is 0 Å². The molecule has 0 saturated carbocycles. The van der Waals surface area contributed by atoms with E-state index in [2.05, 4.69) is 42.5 Å². The van der Waals surface area contributed by atoms with E-state index in [4.69, 9.17) is 0 Å². The van der Waals surface area contributed by atoms with Gasteiger partial charge in [0.2, 0.25) is 0 Å². The molecule has 4 rings (SSSR count). The molecule has 100 valence electrons. The van der Waals surface area contributed by atoms with Gasteiger partial charge in [0.05, 0.1) is 55.7 Å². The lowest BCUT2D eigenvalue weighted by molar-refractivity contribution is 1.06. The topological polar surface area (TPSA) is 35.6 Å². The van der Waals surface area contributed by atoms with E-state index in [1.165, 1.54) is 0 Å². The van der Waals surface area contributed by atoms with Crippen LogP contribution in [0.1, 0.15) is 0 Å². The molecule has 0 bridgehead atoms. The number of nitrogens with zero attached hydrogens (tertiary/aromatic N) is 4. The molecule has 0 aliphatic carbocycles. The summed E-state index contributed by atoms with van der Waals surface area (Å²) in [7, 11) is 0. The Balaban J connectivity index is 0.000000121. The van der Waals surface area contributed by atoms with Crippen molar-refractivity contribution in [1.82, 2.24) is 17.6 Å². The molecule has 0 radical (unpaired) electrons. The molecule has 0 amide bonds. The molecule has 4 aromatic rings. The molecular weight excluding hydrogens is 384 g/mol. The minimum atomic E-state index is 1.10. The molecule has 0 saturated heterocycles. The highest BCUT2D eigenvalue weighted by atomic mass is 79.9. The van der Waals surface area contributed by atoms with Crippen molar-refractivity contribution in [2.45, 2.75) is 0 Å². The van der Waals surface area contributed by atoms with Crippen molar-refractivity contribution in [2.75, 3.05) is 0 Å². The number of hydrogen-bond donors (Lipinski definition) is 0. The predicted molar refractivity (Wildman–Crippen MR) is 88.1 cm³/mol. The Hall–Kier alpha value is -1.66. The number of para-hydroxylation sites is 2. The first-order chi connectivity index (χ1) is 9.75. The van der Waals surface area contributed by atoms with Crippen LogP contribution in [0.5, 0.6) is 0 Å². The fourth-order valence-electron chi connectivity index (χ4n) is 1.88. The van der Waals surface area contributed by atoms with Gasteiger partial charge in [-0.3, -0.25) is 0 Å². The first-order valence-corrected chi connectivity index (χ1v) is 7.35. The highest BCUT2D eigenvalue weighted by molar-refractivity contribution is 9.08. The number of rotatable bonds is 0. The van der Waals surface area contributed by atoms with E-state index in [9.17, 15) is 0 Å². The third kappa shape index (κ3) is 2.62. The first kappa shape index (κ1) is 13.3. The molecule has 0 aliphatic heterocycles. The van der Waals surface area contributed by atoms with Gasteiger partial charge in [-0.25, -0.2) is 0 Å². The molecule has 0 unspecified atom stereocenters. The molecule has 0 N–H and O–H groups in total. The van der Waals surface area contributed by atoms with E-state index in [0.29, 0.717) is 0 Å². The van der Waals surface area contributed by atoms with Gasteiger partial charge in [-0.2, -0.15) is 17.6 Å². The second kappa shape index (κ2) is 5.76. The van der Waals surface area contributed by atoms with Gasteiger partial charge in [0, 0.05) is 10.8 Å². The van der Waals surface area contributed by atoms with Gasteiger partial charge >= 0.3 is 0 Å². The van der Waals surface area contributed by atoms with Crippen LogP contribution < -0.4 is 0 Å². The van der Waals surface area contributed by atoms with Crippen LogP contribution in [0, 0.1) is 0 Å². The summed E-state index contributed by atoms with van der Waals surface area (Å²) in [6.45, 7) is 0. The normalized spacial score (nSPS) is 10.5. The standard InChI is InChI=1S/2C7H5BrN2/c2*8-10-7-4-2-1-3-6(7)5-9-10/h2*1-5H. The molecule has 0 atom stereocenters. The molecule has 2 heterocycles. The van der Waals surface area contributed by atoms with E-state index < -0.39 is 0 Å². The predicted octanol–water partition coefficient (Wildman–Crippen LogP) is 4.39. The summed E-state index contributed by atoms with van der Waals surface area (Å²) in [5.74, 6) is 0. The van der Waals surface area contributed by atoms with Crippen molar-refractivity contribution in [1.29, 1.82) is 0 Å². The minimum Gasteiger partial charge on any atom is -0.197 e. The molecule has 6 heteroatoms. The van der Waals surface area contributed by atoms with Gasteiger partial charge < -0.3 is 0 Å². The van der Waals surface area contributed by atoms with Crippen LogP contribution in [0.15, 0.2) is 60.9 Å². The molecule has 0 spiro atoms. The Kier molecular flexibility index (Phi) is 3.84. The SMILES string of the molecule is Brn1ncc2ccccc21.Brn1ncc2ccccc21. The Morgan fingerprint density at radius 1 is 0.650 bits per heavy atom. The van der Waals surface area contributed by atoms with Crippen LogP contribution >= 0.6 is 32.3 Å². The summed E-state index contributed by atoms with van der Waals surface area (Å²) in [6.07, 6.45) is 3.65. The molecule has 2 aromatic carbocycles. The second-order valence-electron chi connectivity index (χ2n) is 4.13. The summed E-state index contributed by atoms with van der Waals surface area (Å²) in [4.78, 5) is 0. The van der Waals surface area contributed by atoms with E-state index >= 15 is 0 Å². The zero-order chi connectivity index (χ0) is 13.9. The van der Waals surface area contributed by atoms with Crippen LogP contribution in [0.3, 0.4) is 0 Å². The quantitative estimate of drug-likeness (QED) is 0.444. The van der Waals surface area contributed by atoms with Crippen molar-refractivity contribution >= 4 is 54.1 Å². The summed E-state index contributed by atoms with van der Waals surface area (Å²) < 4.78 is 3.37. The molecule has 4 nitrogen and oxygen atoms in total. The monoisotopic (exact) mass is 392 g/mol. The van der Waals surface area contributed by atoms with Gasteiger partial charge in [0.1, 0.15) is 0 Å². The van der Waals surface area contributed by atoms with Crippen molar-refractivity contribution in [2.24, 2.45) is 0 Å². The minimum absolute atomic E-state index is 1.10. The van der Waals surface area contributed by atoms with Gasteiger partial charge in [0.25, 0.3) is 0 Å². The largest absolute Gasteiger partial charge is 0.197 e. The zero-order valence-electron chi connectivity index (χ0n) is 10.3. The number of hydrogen-bond acceptors (Lipinski definition) is 2. The van der Waals surface area contributed by atoms with E-state index in [1.54, 1.807) is 7.42 Å². The van der Waals surface area contributed by atoms with Gasteiger partial charge in [-0.05, 0) is 12.1 Å². The Labute approximate surface area is 132 Å². The fourth-order valence-corrected chi connectivity index (χ4v) is 2.71. The molecule has 0 fully saturated rings. The maximum Gasteiger partial charge on any atom is 0.0813 e. The highest BCUT2D eigenvalue weighted by Crippen LogP contribution is 2.14. The lowest BCUT2D eigenvalue weighted by Crippen LogP contribution is -1.77. The lowest BCUT2D eigenvalue weighted by Gasteiger charge is -1.87. The molecule has 20 heavy (non-hydrogen) atoms. The third-order valence-corrected chi connectivity index (χ3v) is 4.00. The van der Waals surface area contributed by atoms with E-state index in [1.807, 2.05) is 60.9 Å².